The fraction of sp³-hybridized carbons (Fsp3) is 0.250. The monoisotopic (exact) mass is 264 g/mol. The van der Waals surface area contributed by atoms with E-state index in [1.807, 2.05) is 0 Å². The van der Waals surface area contributed by atoms with Gasteiger partial charge in [-0.2, -0.15) is 12.6 Å². The molecule has 0 spiro atoms. The first-order valence-electron chi connectivity index (χ1n) is 5.48. The molecule has 6 heteroatoms. The van der Waals surface area contributed by atoms with Crippen LogP contribution in [0.3, 0.4) is 0 Å². The number of benzene rings is 1. The van der Waals surface area contributed by atoms with Gasteiger partial charge in [-0.1, -0.05) is 12.1 Å². The largest absolute Gasteiger partial charge is 0.354 e. The minimum Gasteiger partial charge on any atom is -0.354 e. The molecule has 0 aliphatic carbocycles. The van der Waals surface area contributed by atoms with E-state index in [9.17, 15) is 14.4 Å². The number of thiol groups is 1. The number of fused-ring (bicyclic) bond motifs is 1. The van der Waals surface area contributed by atoms with Gasteiger partial charge >= 0.3 is 0 Å². The van der Waals surface area contributed by atoms with Crippen molar-refractivity contribution in [2.45, 2.75) is 0 Å². The second-order valence-electron chi connectivity index (χ2n) is 3.82. The van der Waals surface area contributed by atoms with Crippen LogP contribution in [0.25, 0.3) is 0 Å². The summed E-state index contributed by atoms with van der Waals surface area (Å²) in [5, 5.41) is 2.57. The Hall–Kier alpha value is -1.82. The van der Waals surface area contributed by atoms with Crippen molar-refractivity contribution in [1.29, 1.82) is 0 Å². The summed E-state index contributed by atoms with van der Waals surface area (Å²) in [4.78, 5) is 36.3. The minimum atomic E-state index is -0.420. The summed E-state index contributed by atoms with van der Waals surface area (Å²) in [5.41, 5.74) is 0.703. The number of imide groups is 1. The molecule has 18 heavy (non-hydrogen) atoms. The summed E-state index contributed by atoms with van der Waals surface area (Å²) in [6.45, 7) is 0.158. The van der Waals surface area contributed by atoms with Crippen molar-refractivity contribution >= 4 is 30.4 Å². The summed E-state index contributed by atoms with van der Waals surface area (Å²) in [6.07, 6.45) is 0. The van der Waals surface area contributed by atoms with Gasteiger partial charge in [0.05, 0.1) is 11.1 Å². The standard InChI is InChI=1S/C12H12N2O3S/c15-10(13-5-6-18)7-14-11(16)8-3-1-2-4-9(8)12(14)17/h1-4,18H,5-7H2,(H,13,15). The highest BCUT2D eigenvalue weighted by molar-refractivity contribution is 7.80. The molecule has 1 N–H and O–H groups in total. The van der Waals surface area contributed by atoms with Crippen LogP contribution in [-0.2, 0) is 4.79 Å². The molecule has 1 aromatic rings. The number of amides is 3. The van der Waals surface area contributed by atoms with Crippen LogP contribution in [-0.4, -0.2) is 41.5 Å². The van der Waals surface area contributed by atoms with Crippen molar-refractivity contribution in [3.63, 3.8) is 0 Å². The summed E-state index contributed by atoms with van der Waals surface area (Å²) >= 11 is 3.96. The van der Waals surface area contributed by atoms with Crippen molar-refractivity contribution in [2.75, 3.05) is 18.8 Å². The van der Waals surface area contributed by atoms with E-state index >= 15 is 0 Å². The second kappa shape index (κ2) is 5.22. The molecule has 0 saturated heterocycles. The van der Waals surface area contributed by atoms with Gasteiger partial charge in [-0.25, -0.2) is 0 Å². The Morgan fingerprint density at radius 1 is 1.17 bits per heavy atom. The molecule has 2 rings (SSSR count). The summed E-state index contributed by atoms with van der Waals surface area (Å²) in [5.74, 6) is -0.694. The highest BCUT2D eigenvalue weighted by Gasteiger charge is 2.35. The quantitative estimate of drug-likeness (QED) is 0.608. The van der Waals surface area contributed by atoms with Gasteiger partial charge in [-0.15, -0.1) is 0 Å². The molecular formula is C12H12N2O3S. The first-order valence-corrected chi connectivity index (χ1v) is 6.11. The third kappa shape index (κ3) is 2.24. The topological polar surface area (TPSA) is 66.5 Å². The molecule has 0 atom stereocenters. The summed E-state index contributed by atoms with van der Waals surface area (Å²) in [7, 11) is 0. The molecule has 1 aliphatic rings. The molecule has 0 radical (unpaired) electrons. The van der Waals surface area contributed by atoms with Crippen LogP contribution in [0, 0.1) is 0 Å². The number of hydrogen-bond donors (Lipinski definition) is 2. The fourth-order valence-corrected chi connectivity index (χ4v) is 1.89. The number of carbonyl (C=O) groups excluding carboxylic acids is 3. The van der Waals surface area contributed by atoms with E-state index in [0.29, 0.717) is 23.4 Å². The lowest BCUT2D eigenvalue weighted by molar-refractivity contribution is -0.121. The lowest BCUT2D eigenvalue weighted by atomic mass is 10.1. The van der Waals surface area contributed by atoms with E-state index in [1.54, 1.807) is 24.3 Å². The third-order valence-corrected chi connectivity index (χ3v) is 2.84. The van der Waals surface area contributed by atoms with E-state index in [2.05, 4.69) is 17.9 Å². The van der Waals surface area contributed by atoms with Crippen LogP contribution in [0.1, 0.15) is 20.7 Å². The molecule has 0 fully saturated rings. The Morgan fingerprint density at radius 3 is 2.22 bits per heavy atom. The van der Waals surface area contributed by atoms with Crippen molar-refractivity contribution in [1.82, 2.24) is 10.2 Å². The van der Waals surface area contributed by atoms with Crippen LogP contribution >= 0.6 is 12.6 Å². The molecule has 3 amide bonds. The highest BCUT2D eigenvalue weighted by atomic mass is 32.1. The second-order valence-corrected chi connectivity index (χ2v) is 4.26. The van der Waals surface area contributed by atoms with Gasteiger partial charge in [0.1, 0.15) is 6.54 Å². The highest BCUT2D eigenvalue weighted by Crippen LogP contribution is 2.21. The number of hydrogen-bond acceptors (Lipinski definition) is 4. The number of carbonyl (C=O) groups is 3. The Labute approximate surface area is 110 Å². The Balaban J connectivity index is 2.11. The van der Waals surface area contributed by atoms with Gasteiger partial charge in [-0.05, 0) is 12.1 Å². The van der Waals surface area contributed by atoms with E-state index < -0.39 is 11.8 Å². The summed E-state index contributed by atoms with van der Waals surface area (Å²) < 4.78 is 0. The van der Waals surface area contributed by atoms with Crippen LogP contribution in [0.5, 0.6) is 0 Å². The Kier molecular flexibility index (Phi) is 3.66. The lowest BCUT2D eigenvalue weighted by Crippen LogP contribution is -2.40. The molecule has 5 nitrogen and oxygen atoms in total. The van der Waals surface area contributed by atoms with E-state index in [1.165, 1.54) is 0 Å². The zero-order chi connectivity index (χ0) is 13.1. The van der Waals surface area contributed by atoms with Crippen molar-refractivity contribution in [3.05, 3.63) is 35.4 Å². The SMILES string of the molecule is O=C(CN1C(=O)c2ccccc2C1=O)NCCS. The molecule has 0 bridgehead atoms. The first-order chi connectivity index (χ1) is 8.65. The van der Waals surface area contributed by atoms with Crippen LogP contribution < -0.4 is 5.32 Å². The van der Waals surface area contributed by atoms with Crippen LogP contribution in [0.4, 0.5) is 0 Å². The maximum absolute atomic E-state index is 11.9. The molecule has 1 aliphatic heterocycles. The fourth-order valence-electron chi connectivity index (χ4n) is 1.78. The average Bonchev–Trinajstić information content (AvgIpc) is 2.62. The number of nitrogens with one attached hydrogen (secondary N) is 1. The lowest BCUT2D eigenvalue weighted by Gasteiger charge is -2.13. The minimum absolute atomic E-state index is 0.250. The zero-order valence-corrected chi connectivity index (χ0v) is 10.4. The molecule has 0 unspecified atom stereocenters. The van der Waals surface area contributed by atoms with E-state index in [-0.39, 0.29) is 12.5 Å². The van der Waals surface area contributed by atoms with Gasteiger partial charge < -0.3 is 5.32 Å². The van der Waals surface area contributed by atoms with E-state index in [4.69, 9.17) is 0 Å². The first kappa shape index (κ1) is 12.6. The van der Waals surface area contributed by atoms with Gasteiger partial charge in [0.25, 0.3) is 11.8 Å². The van der Waals surface area contributed by atoms with Crippen LogP contribution in [0.2, 0.25) is 0 Å². The van der Waals surface area contributed by atoms with Gasteiger partial charge in [0, 0.05) is 12.3 Å². The maximum atomic E-state index is 11.9. The van der Waals surface area contributed by atoms with E-state index in [0.717, 1.165) is 4.90 Å². The van der Waals surface area contributed by atoms with Crippen molar-refractivity contribution < 1.29 is 14.4 Å². The molecular weight excluding hydrogens is 252 g/mol. The normalized spacial score (nSPS) is 13.7. The maximum Gasteiger partial charge on any atom is 0.262 e. The average molecular weight is 264 g/mol. The number of nitrogens with zero attached hydrogens (tertiary/aromatic N) is 1. The Bertz CT molecular complexity index is 481. The zero-order valence-electron chi connectivity index (χ0n) is 9.55. The van der Waals surface area contributed by atoms with Gasteiger partial charge in [0.2, 0.25) is 5.91 Å². The van der Waals surface area contributed by atoms with Gasteiger partial charge in [-0.3, -0.25) is 19.3 Å². The number of rotatable bonds is 4. The molecule has 1 heterocycles. The molecule has 0 aromatic heterocycles. The smallest absolute Gasteiger partial charge is 0.262 e. The van der Waals surface area contributed by atoms with Gasteiger partial charge in [0.15, 0.2) is 0 Å². The molecule has 94 valence electrons. The predicted molar refractivity (Wildman–Crippen MR) is 68.7 cm³/mol. The van der Waals surface area contributed by atoms with Crippen molar-refractivity contribution in [3.8, 4) is 0 Å². The summed E-state index contributed by atoms with van der Waals surface area (Å²) in [6, 6.07) is 6.55. The van der Waals surface area contributed by atoms with Crippen molar-refractivity contribution in [2.24, 2.45) is 0 Å². The Morgan fingerprint density at radius 2 is 1.72 bits per heavy atom. The molecule has 0 saturated carbocycles. The third-order valence-electron chi connectivity index (χ3n) is 2.61. The van der Waals surface area contributed by atoms with Crippen LogP contribution in [0.15, 0.2) is 24.3 Å². The predicted octanol–water partition coefficient (Wildman–Crippen LogP) is 0.329. The molecule has 1 aromatic carbocycles.